The third kappa shape index (κ3) is 5.76. The van der Waals surface area contributed by atoms with Gasteiger partial charge in [-0.05, 0) is 93.9 Å². The highest BCUT2D eigenvalue weighted by atomic mass is 32.2. The van der Waals surface area contributed by atoms with Crippen molar-refractivity contribution in [2.24, 2.45) is 17.8 Å². The van der Waals surface area contributed by atoms with E-state index in [1.54, 1.807) is 16.9 Å². The van der Waals surface area contributed by atoms with Crippen LogP contribution in [-0.2, 0) is 4.79 Å². The van der Waals surface area contributed by atoms with E-state index in [1.165, 1.54) is 4.09 Å². The van der Waals surface area contributed by atoms with Crippen molar-refractivity contribution in [3.8, 4) is 11.1 Å². The monoisotopic (exact) mass is 552 g/mol. The molecule has 1 unspecified atom stereocenters. The Labute approximate surface area is 233 Å². The number of halogens is 1. The van der Waals surface area contributed by atoms with Crippen LogP contribution >= 0.6 is 12.3 Å². The van der Waals surface area contributed by atoms with Gasteiger partial charge in [0.25, 0.3) is 5.91 Å². The number of carbonyl (C=O) groups is 2. The molecule has 3 aromatic rings. The summed E-state index contributed by atoms with van der Waals surface area (Å²) in [6.07, 6.45) is 6.01. The molecule has 2 saturated carbocycles. The first-order valence-corrected chi connectivity index (χ1v) is 14.5. The van der Waals surface area contributed by atoms with E-state index in [-0.39, 0.29) is 42.0 Å². The summed E-state index contributed by atoms with van der Waals surface area (Å²) in [7, 11) is 0. The highest BCUT2D eigenvalue weighted by Gasteiger charge is 2.48. The predicted octanol–water partition coefficient (Wildman–Crippen LogP) is 6.31. The Morgan fingerprint density at radius 1 is 1.03 bits per heavy atom. The largest absolute Gasteiger partial charge is 0.339 e. The Kier molecular flexibility index (Phi) is 7.84. The molecule has 0 radical (unpaired) electrons. The van der Waals surface area contributed by atoms with Crippen LogP contribution in [0.4, 0.5) is 9.57 Å². The Morgan fingerprint density at radius 3 is 2.21 bits per heavy atom. The van der Waals surface area contributed by atoms with E-state index in [9.17, 15) is 13.5 Å². The van der Waals surface area contributed by atoms with E-state index in [0.29, 0.717) is 23.2 Å². The summed E-state index contributed by atoms with van der Waals surface area (Å²) < 4.78 is 16.4. The van der Waals surface area contributed by atoms with Crippen molar-refractivity contribution in [1.29, 1.82) is 0 Å². The fourth-order valence-electron chi connectivity index (χ4n) is 5.62. The lowest BCUT2D eigenvalue weighted by molar-refractivity contribution is -0.119. The molecule has 2 heterocycles. The molecule has 2 aliphatic rings. The summed E-state index contributed by atoms with van der Waals surface area (Å²) in [5, 5.41) is 14.9. The van der Waals surface area contributed by atoms with Gasteiger partial charge in [0.05, 0.1) is 11.4 Å². The highest BCUT2D eigenvalue weighted by Crippen LogP contribution is 2.51. The topological polar surface area (TPSA) is 93.8 Å². The van der Waals surface area contributed by atoms with Crippen molar-refractivity contribution in [3.63, 3.8) is 0 Å². The zero-order valence-corrected chi connectivity index (χ0v) is 24.0. The van der Waals surface area contributed by atoms with Gasteiger partial charge in [0.15, 0.2) is 12.3 Å². The van der Waals surface area contributed by atoms with Gasteiger partial charge in [-0.1, -0.05) is 26.0 Å². The highest BCUT2D eigenvalue weighted by molar-refractivity contribution is 7.92. The van der Waals surface area contributed by atoms with Crippen molar-refractivity contribution < 1.29 is 13.5 Å². The van der Waals surface area contributed by atoms with Crippen molar-refractivity contribution >= 4 is 29.8 Å². The number of rotatable bonds is 11. The molecule has 1 aromatic carbocycles. The molecule has 1 atom stereocenters. The SMILES string of the molecule is Cc1c(-c2ccc(NC(=O)C(NC(=O)c3ccnn3C(C)C)C(C3CC3)C3CC3)cc2)c(C(C)C)nn1SF. The van der Waals surface area contributed by atoms with E-state index in [0.717, 1.165) is 48.2 Å². The van der Waals surface area contributed by atoms with Crippen LogP contribution in [0.15, 0.2) is 36.5 Å². The first kappa shape index (κ1) is 27.4. The summed E-state index contributed by atoms with van der Waals surface area (Å²) >= 11 is 0.0893. The summed E-state index contributed by atoms with van der Waals surface area (Å²) in [5.74, 6) is 0.716. The average Bonchev–Trinajstić information content (AvgIpc) is 3.84. The van der Waals surface area contributed by atoms with Crippen molar-refractivity contribution in [3.05, 3.63) is 53.6 Å². The molecular weight excluding hydrogens is 515 g/mol. The lowest BCUT2D eigenvalue weighted by atomic mass is 9.88. The lowest BCUT2D eigenvalue weighted by Crippen LogP contribution is -2.50. The quantitative estimate of drug-likeness (QED) is 0.291. The van der Waals surface area contributed by atoms with Crippen LogP contribution in [0.1, 0.15) is 87.2 Å². The molecule has 5 rings (SSSR count). The second-order valence-electron chi connectivity index (χ2n) is 11.5. The van der Waals surface area contributed by atoms with Crippen LogP contribution in [0.5, 0.6) is 0 Å². The molecular formula is C29H37FN6O2S. The Balaban J connectivity index is 1.37. The minimum absolute atomic E-state index is 0.0321. The third-order valence-corrected chi connectivity index (χ3v) is 8.32. The van der Waals surface area contributed by atoms with Gasteiger partial charge in [0.1, 0.15) is 11.7 Å². The number of hydrogen-bond acceptors (Lipinski definition) is 5. The number of anilines is 1. The number of aromatic nitrogens is 4. The van der Waals surface area contributed by atoms with Gasteiger partial charge in [-0.25, -0.2) is 0 Å². The molecule has 39 heavy (non-hydrogen) atoms. The standard InChI is InChI=1S/C29H37FN6O2S/c1-16(2)26-24(18(5)36(34-26)39-30)19-10-12-22(13-11-19)32-29(38)27(25(20-6-7-20)21-8-9-21)33-28(37)23-14-15-31-35(23)17(3)4/h10-17,20-21,25,27H,6-9H2,1-5H3,(H,32,38)(H,33,37). The number of nitrogens with one attached hydrogen (secondary N) is 2. The van der Waals surface area contributed by atoms with E-state index < -0.39 is 6.04 Å². The minimum Gasteiger partial charge on any atom is -0.339 e. The van der Waals surface area contributed by atoms with E-state index in [1.807, 2.05) is 58.9 Å². The Bertz CT molecular complexity index is 1330. The number of nitrogens with zero attached hydrogens (tertiary/aromatic N) is 4. The molecule has 10 heteroatoms. The summed E-state index contributed by atoms with van der Waals surface area (Å²) in [5.41, 5.74) is 4.49. The van der Waals surface area contributed by atoms with Crippen molar-refractivity contribution in [2.75, 3.05) is 5.32 Å². The summed E-state index contributed by atoms with van der Waals surface area (Å²) in [6, 6.07) is 8.66. The van der Waals surface area contributed by atoms with Crippen LogP contribution in [0.25, 0.3) is 11.1 Å². The van der Waals surface area contributed by atoms with Crippen molar-refractivity contribution in [2.45, 2.75) is 78.3 Å². The van der Waals surface area contributed by atoms with Gasteiger partial charge in [-0.2, -0.15) is 14.3 Å². The van der Waals surface area contributed by atoms with Crippen LogP contribution < -0.4 is 10.6 Å². The van der Waals surface area contributed by atoms with Gasteiger partial charge in [-0.3, -0.25) is 14.3 Å². The van der Waals surface area contributed by atoms with Gasteiger partial charge >= 0.3 is 0 Å². The molecule has 0 bridgehead atoms. The number of benzene rings is 1. The summed E-state index contributed by atoms with van der Waals surface area (Å²) in [6.45, 7) is 9.87. The van der Waals surface area contributed by atoms with Crippen molar-refractivity contribution in [1.82, 2.24) is 24.3 Å². The first-order valence-electron chi connectivity index (χ1n) is 13.8. The molecule has 208 valence electrons. The van der Waals surface area contributed by atoms with Gasteiger partial charge < -0.3 is 10.6 Å². The average molecular weight is 553 g/mol. The molecule has 8 nitrogen and oxygen atoms in total. The van der Waals surface area contributed by atoms with Crippen LogP contribution in [0.3, 0.4) is 0 Å². The van der Waals surface area contributed by atoms with Crippen LogP contribution in [-0.4, -0.2) is 36.8 Å². The molecule has 2 amide bonds. The van der Waals surface area contributed by atoms with Crippen LogP contribution in [0, 0.1) is 24.7 Å². The zero-order valence-electron chi connectivity index (χ0n) is 23.1. The normalized spacial score (nSPS) is 16.2. The molecule has 2 aromatic heterocycles. The molecule has 0 saturated heterocycles. The lowest BCUT2D eigenvalue weighted by Gasteiger charge is -2.28. The second kappa shape index (κ2) is 11.2. The third-order valence-electron chi connectivity index (χ3n) is 7.84. The molecule has 2 N–H and O–H groups in total. The Hall–Kier alpha value is -3.14. The van der Waals surface area contributed by atoms with Gasteiger partial charge in [0, 0.05) is 23.5 Å². The molecule has 2 aliphatic carbocycles. The number of hydrogen-bond donors (Lipinski definition) is 2. The fourth-order valence-corrected chi connectivity index (χ4v) is 5.93. The van der Waals surface area contributed by atoms with E-state index in [2.05, 4.69) is 20.8 Å². The second-order valence-corrected chi connectivity index (χ2v) is 12.0. The smallest absolute Gasteiger partial charge is 0.270 e. The zero-order chi connectivity index (χ0) is 27.8. The van der Waals surface area contributed by atoms with Gasteiger partial charge in [0.2, 0.25) is 5.91 Å². The van der Waals surface area contributed by atoms with E-state index in [4.69, 9.17) is 0 Å². The fraction of sp³-hybridized carbons (Fsp3) is 0.517. The molecule has 0 spiro atoms. The minimum atomic E-state index is -0.623. The summed E-state index contributed by atoms with van der Waals surface area (Å²) in [4.78, 5) is 27.1. The molecule has 2 fully saturated rings. The van der Waals surface area contributed by atoms with Crippen LogP contribution in [0.2, 0.25) is 0 Å². The predicted molar refractivity (Wildman–Crippen MR) is 152 cm³/mol. The molecule has 0 aliphatic heterocycles. The maximum atomic E-state index is 13.7. The van der Waals surface area contributed by atoms with Gasteiger partial charge in [-0.15, -0.1) is 3.89 Å². The maximum Gasteiger partial charge on any atom is 0.270 e. The number of carbonyl (C=O) groups excluding carboxylic acids is 2. The Morgan fingerprint density at radius 2 is 1.67 bits per heavy atom. The number of amides is 2. The maximum absolute atomic E-state index is 13.7. The van der Waals surface area contributed by atoms with E-state index >= 15 is 0 Å². The first-order chi connectivity index (χ1) is 18.7.